The maximum absolute atomic E-state index is 5.66. The van der Waals surface area contributed by atoms with Gasteiger partial charge >= 0.3 is 0 Å². The number of aliphatic imine (C=N–C) groups is 1. The van der Waals surface area contributed by atoms with Crippen LogP contribution in [0.3, 0.4) is 0 Å². The molecule has 0 spiro atoms. The number of halogens is 1. The molecule has 0 aromatic rings. The fraction of sp³-hybridized carbons (Fsp3) is 0.941. The lowest BCUT2D eigenvalue weighted by Crippen LogP contribution is -2.38. The van der Waals surface area contributed by atoms with E-state index in [-0.39, 0.29) is 24.0 Å². The first-order chi connectivity index (χ1) is 10.3. The van der Waals surface area contributed by atoms with E-state index in [0.717, 1.165) is 57.1 Å². The summed E-state index contributed by atoms with van der Waals surface area (Å²) in [7, 11) is 0. The van der Waals surface area contributed by atoms with Gasteiger partial charge in [-0.1, -0.05) is 0 Å². The Morgan fingerprint density at radius 1 is 1.18 bits per heavy atom. The zero-order chi connectivity index (χ0) is 14.5. The number of rotatable bonds is 10. The van der Waals surface area contributed by atoms with Crippen molar-refractivity contribution in [3.63, 3.8) is 0 Å². The molecule has 22 heavy (non-hydrogen) atoms. The first-order valence-electron chi connectivity index (χ1n) is 8.92. The van der Waals surface area contributed by atoms with Crippen molar-refractivity contribution >= 4 is 29.9 Å². The van der Waals surface area contributed by atoms with Crippen molar-refractivity contribution in [3.05, 3.63) is 0 Å². The van der Waals surface area contributed by atoms with E-state index >= 15 is 0 Å². The molecule has 4 nitrogen and oxygen atoms in total. The minimum Gasteiger partial charge on any atom is -0.381 e. The highest BCUT2D eigenvalue weighted by Crippen LogP contribution is 2.61. The van der Waals surface area contributed by atoms with Gasteiger partial charge in [0.25, 0.3) is 0 Å². The molecule has 3 fully saturated rings. The second-order valence-corrected chi connectivity index (χ2v) is 7.13. The average molecular weight is 421 g/mol. The fourth-order valence-electron chi connectivity index (χ4n) is 3.05. The van der Waals surface area contributed by atoms with Gasteiger partial charge in [-0.2, -0.15) is 0 Å². The summed E-state index contributed by atoms with van der Waals surface area (Å²) in [5.41, 5.74) is 0.593. The number of nitrogens with one attached hydrogen (secondary N) is 2. The summed E-state index contributed by atoms with van der Waals surface area (Å²) in [5, 5.41) is 6.80. The maximum atomic E-state index is 5.66. The molecule has 0 atom stereocenters. The Morgan fingerprint density at radius 2 is 1.95 bits per heavy atom. The number of ether oxygens (including phenoxy) is 1. The Labute approximate surface area is 152 Å². The maximum Gasteiger partial charge on any atom is 0.191 e. The molecule has 0 bridgehead atoms. The lowest BCUT2D eigenvalue weighted by Gasteiger charge is -2.15. The summed E-state index contributed by atoms with van der Waals surface area (Å²) in [6, 6.07) is 0. The van der Waals surface area contributed by atoms with Crippen molar-refractivity contribution in [3.8, 4) is 0 Å². The van der Waals surface area contributed by atoms with Crippen LogP contribution in [0.1, 0.15) is 51.9 Å². The molecule has 3 saturated carbocycles. The van der Waals surface area contributed by atoms with Crippen LogP contribution in [0.5, 0.6) is 0 Å². The highest BCUT2D eigenvalue weighted by Gasteiger charge is 2.53. The minimum absolute atomic E-state index is 0. The third-order valence-electron chi connectivity index (χ3n) is 5.04. The Morgan fingerprint density at radius 3 is 2.55 bits per heavy atom. The summed E-state index contributed by atoms with van der Waals surface area (Å²) in [4.78, 5) is 4.82. The zero-order valence-electron chi connectivity index (χ0n) is 13.9. The normalized spacial score (nSPS) is 22.9. The van der Waals surface area contributed by atoms with Crippen LogP contribution >= 0.6 is 24.0 Å². The van der Waals surface area contributed by atoms with E-state index in [1.54, 1.807) is 0 Å². The van der Waals surface area contributed by atoms with E-state index in [0.29, 0.717) is 5.41 Å². The number of hydrogen-bond donors (Lipinski definition) is 2. The van der Waals surface area contributed by atoms with Crippen molar-refractivity contribution in [2.24, 2.45) is 22.2 Å². The van der Waals surface area contributed by atoms with Crippen molar-refractivity contribution in [1.29, 1.82) is 0 Å². The second-order valence-electron chi connectivity index (χ2n) is 7.13. The van der Waals surface area contributed by atoms with Gasteiger partial charge in [0.1, 0.15) is 0 Å². The van der Waals surface area contributed by atoms with E-state index in [9.17, 15) is 0 Å². The predicted octanol–water partition coefficient (Wildman–Crippen LogP) is 3.17. The molecule has 0 aliphatic heterocycles. The predicted molar refractivity (Wildman–Crippen MR) is 102 cm³/mol. The second kappa shape index (κ2) is 8.71. The van der Waals surface area contributed by atoms with Crippen LogP contribution in [0.4, 0.5) is 0 Å². The molecule has 5 heteroatoms. The lowest BCUT2D eigenvalue weighted by molar-refractivity contribution is 0.123. The molecule has 128 valence electrons. The highest BCUT2D eigenvalue weighted by molar-refractivity contribution is 14.0. The topological polar surface area (TPSA) is 45.7 Å². The summed E-state index contributed by atoms with van der Waals surface area (Å²) >= 11 is 0. The van der Waals surface area contributed by atoms with Gasteiger partial charge in [-0.15, -0.1) is 24.0 Å². The Bertz CT molecular complexity index is 363. The SMILES string of the molecule is CCNC(=NCC1(C2CC2)CC1)NCCCOCC1CC1.I. The Balaban J connectivity index is 0.00000176. The first kappa shape index (κ1) is 18.3. The third-order valence-corrected chi connectivity index (χ3v) is 5.04. The molecule has 3 rings (SSSR count). The van der Waals surface area contributed by atoms with E-state index < -0.39 is 0 Å². The van der Waals surface area contributed by atoms with Crippen LogP contribution < -0.4 is 10.6 Å². The van der Waals surface area contributed by atoms with Gasteiger partial charge in [0.05, 0.1) is 0 Å². The summed E-state index contributed by atoms with van der Waals surface area (Å²) in [6.45, 7) is 6.87. The van der Waals surface area contributed by atoms with Crippen LogP contribution in [0, 0.1) is 17.3 Å². The minimum atomic E-state index is 0. The smallest absolute Gasteiger partial charge is 0.191 e. The van der Waals surface area contributed by atoms with Crippen molar-refractivity contribution < 1.29 is 4.74 Å². The summed E-state index contributed by atoms with van der Waals surface area (Å²) in [6.07, 6.45) is 9.49. The van der Waals surface area contributed by atoms with E-state index in [2.05, 4.69) is 17.6 Å². The quantitative estimate of drug-likeness (QED) is 0.247. The fourth-order valence-corrected chi connectivity index (χ4v) is 3.05. The number of nitrogens with zero attached hydrogens (tertiary/aromatic N) is 1. The molecule has 0 aromatic carbocycles. The molecule has 3 aliphatic carbocycles. The van der Waals surface area contributed by atoms with Gasteiger partial charge in [0, 0.05) is 32.8 Å². The molecule has 2 N–H and O–H groups in total. The Hall–Kier alpha value is -0.0400. The standard InChI is InChI=1S/C17H31N3O.HI/c1-2-18-16(19-10-3-11-21-12-14-4-5-14)20-13-17(8-9-17)15-6-7-15;/h14-15H,2-13H2,1H3,(H2,18,19,20);1H. The van der Waals surface area contributed by atoms with Crippen molar-refractivity contribution in [1.82, 2.24) is 10.6 Å². The lowest BCUT2D eigenvalue weighted by atomic mass is 10.0. The van der Waals surface area contributed by atoms with Gasteiger partial charge < -0.3 is 15.4 Å². The molecular weight excluding hydrogens is 389 g/mol. The largest absolute Gasteiger partial charge is 0.381 e. The molecule has 0 unspecified atom stereocenters. The van der Waals surface area contributed by atoms with Crippen LogP contribution in [-0.4, -0.2) is 38.8 Å². The third kappa shape index (κ3) is 5.87. The molecular formula is C17H32IN3O. The van der Waals surface area contributed by atoms with Gasteiger partial charge in [0.15, 0.2) is 5.96 Å². The molecule has 0 amide bonds. The van der Waals surface area contributed by atoms with E-state index in [1.807, 2.05) is 0 Å². The van der Waals surface area contributed by atoms with E-state index in [4.69, 9.17) is 9.73 Å². The van der Waals surface area contributed by atoms with Crippen molar-refractivity contribution in [2.45, 2.75) is 51.9 Å². The molecule has 0 aromatic heterocycles. The van der Waals surface area contributed by atoms with Crippen LogP contribution in [0.15, 0.2) is 4.99 Å². The van der Waals surface area contributed by atoms with Crippen LogP contribution in [-0.2, 0) is 4.74 Å². The number of guanidine groups is 1. The molecule has 3 aliphatic rings. The summed E-state index contributed by atoms with van der Waals surface area (Å²) < 4.78 is 5.66. The van der Waals surface area contributed by atoms with Crippen molar-refractivity contribution in [2.75, 3.05) is 32.8 Å². The highest BCUT2D eigenvalue weighted by atomic mass is 127. The van der Waals surface area contributed by atoms with E-state index in [1.165, 1.54) is 38.5 Å². The first-order valence-corrected chi connectivity index (χ1v) is 8.92. The number of hydrogen-bond acceptors (Lipinski definition) is 2. The van der Waals surface area contributed by atoms with Gasteiger partial charge in [-0.3, -0.25) is 4.99 Å². The zero-order valence-corrected chi connectivity index (χ0v) is 16.2. The van der Waals surface area contributed by atoms with Gasteiger partial charge in [-0.05, 0) is 69.1 Å². The average Bonchev–Trinajstić information content (AvgIpc) is 3.35. The molecule has 0 saturated heterocycles. The van der Waals surface area contributed by atoms with Gasteiger partial charge in [0.2, 0.25) is 0 Å². The molecule has 0 heterocycles. The van der Waals surface area contributed by atoms with Gasteiger partial charge in [-0.25, -0.2) is 0 Å². The Kier molecular flexibility index (Phi) is 7.25. The molecule has 0 radical (unpaired) electrons. The van der Waals surface area contributed by atoms with Crippen LogP contribution in [0.2, 0.25) is 0 Å². The monoisotopic (exact) mass is 421 g/mol. The summed E-state index contributed by atoms with van der Waals surface area (Å²) in [5.74, 6) is 2.85. The van der Waals surface area contributed by atoms with Crippen LogP contribution in [0.25, 0.3) is 0 Å².